The number of likely N-dealkylation sites (N-methyl/N-ethyl adjacent to an activating group) is 1. The summed E-state index contributed by atoms with van der Waals surface area (Å²) in [6, 6.07) is 9.05. The minimum absolute atomic E-state index is 0.0130. The molecule has 0 aromatic heterocycles. The van der Waals surface area contributed by atoms with Crippen LogP contribution in [0, 0.1) is 0 Å². The number of carbonyl (C=O) groups is 2. The summed E-state index contributed by atoms with van der Waals surface area (Å²) in [5.74, 6) is -0.501. The highest BCUT2D eigenvalue weighted by Gasteiger charge is 2.32. The van der Waals surface area contributed by atoms with E-state index < -0.39 is 0 Å². The number of aliphatic hydroxyl groups excluding tert-OH is 1. The van der Waals surface area contributed by atoms with Crippen LogP contribution in [-0.4, -0.2) is 67.1 Å². The number of nitrogens with one attached hydrogen (secondary N) is 1. The van der Waals surface area contributed by atoms with Crippen LogP contribution in [0.5, 0.6) is 0 Å². The van der Waals surface area contributed by atoms with Crippen LogP contribution in [0.1, 0.15) is 20.7 Å². The Morgan fingerprint density at radius 2 is 1.79 bits per heavy atom. The first-order chi connectivity index (χ1) is 11.5. The lowest BCUT2D eigenvalue weighted by atomic mass is 9.93. The number of aliphatic hydroxyl groups is 1. The average molecular weight is 327 g/mol. The van der Waals surface area contributed by atoms with E-state index in [1.807, 2.05) is 37.2 Å². The van der Waals surface area contributed by atoms with E-state index in [0.717, 1.165) is 11.1 Å². The maximum atomic E-state index is 12.8. The van der Waals surface area contributed by atoms with Gasteiger partial charge in [0, 0.05) is 47.2 Å². The Kier molecular flexibility index (Phi) is 4.51. The van der Waals surface area contributed by atoms with Crippen molar-refractivity contribution in [1.82, 2.24) is 9.80 Å². The Morgan fingerprint density at radius 1 is 1.08 bits per heavy atom. The van der Waals surface area contributed by atoms with Crippen molar-refractivity contribution in [3.8, 4) is 0 Å². The Hall–Kier alpha value is -2.44. The summed E-state index contributed by atoms with van der Waals surface area (Å²) < 4.78 is 0. The molecule has 0 unspecified atom stereocenters. The molecule has 1 aliphatic rings. The van der Waals surface area contributed by atoms with Gasteiger partial charge in [0.05, 0.1) is 6.61 Å². The van der Waals surface area contributed by atoms with Gasteiger partial charge in [-0.15, -0.1) is 0 Å². The SMILES string of the molecule is CN(C)CCN1C(=O)c2cccc3c(NCCO)ccc(c23)C1=O. The zero-order valence-electron chi connectivity index (χ0n) is 13.9. The second-order valence-corrected chi connectivity index (χ2v) is 6.10. The molecule has 0 fully saturated rings. The number of amides is 2. The maximum Gasteiger partial charge on any atom is 0.261 e. The first kappa shape index (κ1) is 16.4. The molecule has 2 aromatic carbocycles. The van der Waals surface area contributed by atoms with Crippen molar-refractivity contribution in [2.75, 3.05) is 45.7 Å². The molecule has 0 atom stereocenters. The van der Waals surface area contributed by atoms with Gasteiger partial charge in [0.1, 0.15) is 0 Å². The van der Waals surface area contributed by atoms with Gasteiger partial charge in [-0.05, 0) is 32.3 Å². The molecule has 1 heterocycles. The smallest absolute Gasteiger partial charge is 0.261 e. The number of hydrogen-bond donors (Lipinski definition) is 2. The van der Waals surface area contributed by atoms with Crippen LogP contribution in [0.3, 0.4) is 0 Å². The highest BCUT2D eigenvalue weighted by molar-refractivity contribution is 6.26. The van der Waals surface area contributed by atoms with Crippen molar-refractivity contribution in [3.63, 3.8) is 0 Å². The molecule has 0 radical (unpaired) electrons. The van der Waals surface area contributed by atoms with Gasteiger partial charge >= 0.3 is 0 Å². The number of imide groups is 1. The Balaban J connectivity index is 2.08. The fraction of sp³-hybridized carbons (Fsp3) is 0.333. The van der Waals surface area contributed by atoms with Gasteiger partial charge in [-0.3, -0.25) is 14.5 Å². The number of benzene rings is 2. The van der Waals surface area contributed by atoms with Crippen LogP contribution in [0.15, 0.2) is 30.3 Å². The van der Waals surface area contributed by atoms with Crippen molar-refractivity contribution in [1.29, 1.82) is 0 Å². The summed E-state index contributed by atoms with van der Waals surface area (Å²) in [5.41, 5.74) is 1.91. The number of carbonyl (C=O) groups excluding carboxylic acids is 2. The van der Waals surface area contributed by atoms with Gasteiger partial charge in [-0.1, -0.05) is 12.1 Å². The number of anilines is 1. The average Bonchev–Trinajstić information content (AvgIpc) is 2.57. The minimum atomic E-state index is -0.251. The topological polar surface area (TPSA) is 72.9 Å². The molecule has 0 saturated heterocycles. The predicted octanol–water partition coefficient (Wildman–Crippen LogP) is 1.40. The lowest BCUT2D eigenvalue weighted by Gasteiger charge is -2.28. The van der Waals surface area contributed by atoms with Gasteiger partial charge in [0.2, 0.25) is 0 Å². The van der Waals surface area contributed by atoms with E-state index in [2.05, 4.69) is 5.32 Å². The summed E-state index contributed by atoms with van der Waals surface area (Å²) in [4.78, 5) is 28.8. The van der Waals surface area contributed by atoms with Crippen molar-refractivity contribution >= 4 is 28.3 Å². The first-order valence-electron chi connectivity index (χ1n) is 7.96. The van der Waals surface area contributed by atoms with Crippen LogP contribution >= 0.6 is 0 Å². The van der Waals surface area contributed by atoms with Gasteiger partial charge < -0.3 is 15.3 Å². The fourth-order valence-corrected chi connectivity index (χ4v) is 2.99. The van der Waals surface area contributed by atoms with Crippen molar-refractivity contribution < 1.29 is 14.7 Å². The van der Waals surface area contributed by atoms with Crippen LogP contribution in [0.4, 0.5) is 5.69 Å². The number of hydrogen-bond acceptors (Lipinski definition) is 5. The van der Waals surface area contributed by atoms with E-state index in [1.165, 1.54) is 4.90 Å². The second kappa shape index (κ2) is 6.59. The van der Waals surface area contributed by atoms with E-state index in [-0.39, 0.29) is 18.4 Å². The monoisotopic (exact) mass is 327 g/mol. The normalized spacial score (nSPS) is 13.9. The number of nitrogens with zero attached hydrogens (tertiary/aromatic N) is 2. The van der Waals surface area contributed by atoms with E-state index in [1.54, 1.807) is 12.1 Å². The molecule has 0 spiro atoms. The molecule has 2 aromatic rings. The third-order valence-corrected chi connectivity index (χ3v) is 4.19. The summed E-state index contributed by atoms with van der Waals surface area (Å²) >= 11 is 0. The Morgan fingerprint density at radius 3 is 2.46 bits per heavy atom. The number of rotatable bonds is 6. The third kappa shape index (κ3) is 2.74. The zero-order chi connectivity index (χ0) is 17.3. The lowest BCUT2D eigenvalue weighted by molar-refractivity contribution is 0.0601. The first-order valence-corrected chi connectivity index (χ1v) is 7.96. The maximum absolute atomic E-state index is 12.8. The van der Waals surface area contributed by atoms with Gasteiger partial charge in [0.25, 0.3) is 11.8 Å². The van der Waals surface area contributed by atoms with E-state index in [0.29, 0.717) is 36.1 Å². The summed E-state index contributed by atoms with van der Waals surface area (Å²) in [5, 5.41) is 13.7. The molecule has 0 saturated carbocycles. The van der Waals surface area contributed by atoms with Gasteiger partial charge in [0.15, 0.2) is 0 Å². The van der Waals surface area contributed by atoms with E-state index in [4.69, 9.17) is 5.11 Å². The minimum Gasteiger partial charge on any atom is -0.395 e. The molecule has 0 aliphatic carbocycles. The largest absolute Gasteiger partial charge is 0.395 e. The quantitative estimate of drug-likeness (QED) is 0.785. The molecule has 2 N–H and O–H groups in total. The van der Waals surface area contributed by atoms with Gasteiger partial charge in [-0.25, -0.2) is 0 Å². The molecule has 0 bridgehead atoms. The molecule has 2 amide bonds. The Bertz CT molecular complexity index is 779. The van der Waals surface area contributed by atoms with Crippen LogP contribution in [0.2, 0.25) is 0 Å². The van der Waals surface area contributed by atoms with Gasteiger partial charge in [-0.2, -0.15) is 0 Å². The summed E-state index contributed by atoms with van der Waals surface area (Å²) in [6.07, 6.45) is 0. The van der Waals surface area contributed by atoms with Crippen LogP contribution in [0.25, 0.3) is 10.8 Å². The molecule has 24 heavy (non-hydrogen) atoms. The highest BCUT2D eigenvalue weighted by atomic mass is 16.3. The lowest BCUT2D eigenvalue weighted by Crippen LogP contribution is -2.43. The third-order valence-electron chi connectivity index (χ3n) is 4.19. The fourth-order valence-electron chi connectivity index (χ4n) is 2.99. The predicted molar refractivity (Wildman–Crippen MR) is 93.4 cm³/mol. The van der Waals surface area contributed by atoms with E-state index >= 15 is 0 Å². The van der Waals surface area contributed by atoms with Crippen LogP contribution in [-0.2, 0) is 0 Å². The molecule has 126 valence electrons. The summed E-state index contributed by atoms with van der Waals surface area (Å²) in [6.45, 7) is 1.42. The zero-order valence-corrected chi connectivity index (χ0v) is 13.9. The van der Waals surface area contributed by atoms with Crippen molar-refractivity contribution in [3.05, 3.63) is 41.5 Å². The van der Waals surface area contributed by atoms with E-state index in [9.17, 15) is 9.59 Å². The Labute approximate surface area is 140 Å². The standard InChI is InChI=1S/C18H21N3O3/c1-20(2)9-10-21-17(23)13-5-3-4-12-15(19-8-11-22)7-6-14(16(12)13)18(21)24/h3-7,19,22H,8-11H2,1-2H3. The molecular formula is C18H21N3O3. The van der Waals surface area contributed by atoms with Crippen molar-refractivity contribution in [2.24, 2.45) is 0 Å². The molecule has 6 heteroatoms. The molecular weight excluding hydrogens is 306 g/mol. The van der Waals surface area contributed by atoms with Crippen molar-refractivity contribution in [2.45, 2.75) is 0 Å². The molecule has 1 aliphatic heterocycles. The highest BCUT2D eigenvalue weighted by Crippen LogP contribution is 2.34. The molecule has 6 nitrogen and oxygen atoms in total. The van der Waals surface area contributed by atoms with Crippen LogP contribution < -0.4 is 5.32 Å². The molecule has 3 rings (SSSR count). The summed E-state index contributed by atoms with van der Waals surface area (Å²) in [7, 11) is 3.82. The second-order valence-electron chi connectivity index (χ2n) is 6.10.